The van der Waals surface area contributed by atoms with Gasteiger partial charge in [0.1, 0.15) is 6.17 Å². The topological polar surface area (TPSA) is 6.48 Å². The molecule has 206 valence electrons. The Balaban J connectivity index is 1.46. The molecule has 1 heterocycles. The van der Waals surface area contributed by atoms with Crippen LogP contribution in [-0.2, 0) is 6.54 Å². The molecule has 2 rings (SSSR count). The van der Waals surface area contributed by atoms with Crippen LogP contribution < -0.4 is 0 Å². The Morgan fingerprint density at radius 1 is 0.500 bits per heavy atom. The highest BCUT2D eigenvalue weighted by Crippen LogP contribution is 2.24. The molecule has 0 saturated heterocycles. The standard InChI is InChI=1S/C34H60N2/c1-3-5-7-8-9-10-11-12-13-14-15-16-17-18-19-20-25-29-35-30-31-36(34(35)28-22-6-4-2)32-33-26-23-21-24-27-33/h21,23-24,26-27,30-31,34H,3-20,22,25,28-29,32H2,1-2H3. The Morgan fingerprint density at radius 2 is 0.944 bits per heavy atom. The summed E-state index contributed by atoms with van der Waals surface area (Å²) in [6, 6.07) is 11.0. The third-order valence-corrected chi connectivity index (χ3v) is 8.01. The summed E-state index contributed by atoms with van der Waals surface area (Å²) in [4.78, 5) is 5.20. The maximum Gasteiger partial charge on any atom is 0.101 e. The summed E-state index contributed by atoms with van der Waals surface area (Å²) in [5, 5.41) is 0. The van der Waals surface area contributed by atoms with E-state index in [1.165, 1.54) is 147 Å². The molecule has 0 fully saturated rings. The SMILES string of the molecule is CCCCCCCCCCCCCCCCCCCN1C=CN(Cc2ccccc2)C1CCCCC. The van der Waals surface area contributed by atoms with Crippen LogP contribution in [0.25, 0.3) is 0 Å². The summed E-state index contributed by atoms with van der Waals surface area (Å²) in [5.41, 5.74) is 1.42. The predicted octanol–water partition coefficient (Wildman–Crippen LogP) is 10.8. The second kappa shape index (κ2) is 21.6. The smallest absolute Gasteiger partial charge is 0.101 e. The second-order valence-electron chi connectivity index (χ2n) is 11.3. The zero-order valence-electron chi connectivity index (χ0n) is 24.3. The number of rotatable bonds is 24. The van der Waals surface area contributed by atoms with Gasteiger partial charge in [-0.25, -0.2) is 0 Å². The molecule has 0 amide bonds. The van der Waals surface area contributed by atoms with Crippen LogP contribution in [0.5, 0.6) is 0 Å². The van der Waals surface area contributed by atoms with Gasteiger partial charge in [-0.05, 0) is 24.8 Å². The molecule has 0 bridgehead atoms. The lowest BCUT2D eigenvalue weighted by Crippen LogP contribution is -2.38. The van der Waals surface area contributed by atoms with Crippen molar-refractivity contribution in [1.29, 1.82) is 0 Å². The Kier molecular flexibility index (Phi) is 18.5. The molecule has 0 aliphatic carbocycles. The Hall–Kier alpha value is -1.44. The number of unbranched alkanes of at least 4 members (excludes halogenated alkanes) is 18. The van der Waals surface area contributed by atoms with E-state index in [9.17, 15) is 0 Å². The Labute approximate surface area is 225 Å². The van der Waals surface area contributed by atoms with Gasteiger partial charge in [0, 0.05) is 25.5 Å². The lowest BCUT2D eigenvalue weighted by molar-refractivity contribution is 0.132. The van der Waals surface area contributed by atoms with Crippen LogP contribution in [0.4, 0.5) is 0 Å². The van der Waals surface area contributed by atoms with Crippen LogP contribution in [0.1, 0.15) is 154 Å². The fourth-order valence-corrected chi connectivity index (χ4v) is 5.66. The van der Waals surface area contributed by atoms with Crippen LogP contribution in [0.3, 0.4) is 0 Å². The fourth-order valence-electron chi connectivity index (χ4n) is 5.66. The van der Waals surface area contributed by atoms with Crippen LogP contribution in [0.2, 0.25) is 0 Å². The third kappa shape index (κ3) is 14.3. The molecule has 0 radical (unpaired) electrons. The quantitative estimate of drug-likeness (QED) is 0.131. The molecule has 2 heteroatoms. The first-order valence-corrected chi connectivity index (χ1v) is 16.1. The van der Waals surface area contributed by atoms with E-state index >= 15 is 0 Å². The van der Waals surface area contributed by atoms with Gasteiger partial charge in [-0.1, -0.05) is 160 Å². The van der Waals surface area contributed by atoms with E-state index < -0.39 is 0 Å². The van der Waals surface area contributed by atoms with E-state index in [0.717, 1.165) is 6.54 Å². The molecule has 1 aliphatic heterocycles. The Morgan fingerprint density at radius 3 is 1.47 bits per heavy atom. The molecule has 0 spiro atoms. The summed E-state index contributed by atoms with van der Waals surface area (Å²) in [5.74, 6) is 0. The number of nitrogens with zero attached hydrogens (tertiary/aromatic N) is 2. The number of benzene rings is 1. The molecular formula is C34H60N2. The van der Waals surface area contributed by atoms with Crippen molar-refractivity contribution in [1.82, 2.24) is 9.80 Å². The first kappa shape index (κ1) is 30.8. The minimum Gasteiger partial charge on any atom is -0.356 e. The first-order valence-electron chi connectivity index (χ1n) is 16.1. The lowest BCUT2D eigenvalue weighted by Gasteiger charge is -2.33. The minimum absolute atomic E-state index is 0.554. The average molecular weight is 497 g/mol. The van der Waals surface area contributed by atoms with Crippen LogP contribution in [0, 0.1) is 0 Å². The van der Waals surface area contributed by atoms with E-state index in [1.807, 2.05) is 0 Å². The minimum atomic E-state index is 0.554. The Bertz CT molecular complexity index is 625. The molecule has 2 nitrogen and oxygen atoms in total. The molecule has 1 aliphatic rings. The normalized spacial score (nSPS) is 15.3. The average Bonchev–Trinajstić information content (AvgIpc) is 3.27. The van der Waals surface area contributed by atoms with E-state index in [2.05, 4.69) is 66.4 Å². The highest BCUT2D eigenvalue weighted by atomic mass is 15.4. The zero-order valence-corrected chi connectivity index (χ0v) is 24.3. The van der Waals surface area contributed by atoms with Crippen LogP contribution in [0.15, 0.2) is 42.7 Å². The van der Waals surface area contributed by atoms with E-state index in [0.29, 0.717) is 6.17 Å². The van der Waals surface area contributed by atoms with Crippen LogP contribution in [-0.4, -0.2) is 22.5 Å². The van der Waals surface area contributed by atoms with E-state index in [1.54, 1.807) is 0 Å². The van der Waals surface area contributed by atoms with Crippen molar-refractivity contribution in [3.8, 4) is 0 Å². The van der Waals surface area contributed by atoms with Gasteiger partial charge in [-0.2, -0.15) is 0 Å². The van der Waals surface area contributed by atoms with Gasteiger partial charge in [0.15, 0.2) is 0 Å². The fraction of sp³-hybridized carbons (Fsp3) is 0.765. The third-order valence-electron chi connectivity index (χ3n) is 8.01. The van der Waals surface area contributed by atoms with Crippen molar-refractivity contribution in [2.24, 2.45) is 0 Å². The number of hydrogen-bond acceptors (Lipinski definition) is 2. The summed E-state index contributed by atoms with van der Waals surface area (Å²) in [6.45, 7) is 6.86. The predicted molar refractivity (Wildman–Crippen MR) is 160 cm³/mol. The zero-order chi connectivity index (χ0) is 25.5. The van der Waals surface area contributed by atoms with Crippen LogP contribution >= 0.6 is 0 Å². The van der Waals surface area contributed by atoms with Gasteiger partial charge in [0.25, 0.3) is 0 Å². The lowest BCUT2D eigenvalue weighted by atomic mass is 10.0. The van der Waals surface area contributed by atoms with E-state index in [4.69, 9.17) is 0 Å². The molecular weight excluding hydrogens is 436 g/mol. The van der Waals surface area contributed by atoms with Crippen molar-refractivity contribution in [2.45, 2.75) is 161 Å². The van der Waals surface area contributed by atoms with E-state index in [-0.39, 0.29) is 0 Å². The maximum atomic E-state index is 2.63. The van der Waals surface area contributed by atoms with Gasteiger partial charge in [0.2, 0.25) is 0 Å². The highest BCUT2D eigenvalue weighted by molar-refractivity contribution is 5.15. The molecule has 36 heavy (non-hydrogen) atoms. The van der Waals surface area contributed by atoms with Crippen molar-refractivity contribution in [3.05, 3.63) is 48.3 Å². The molecule has 0 aromatic heterocycles. The molecule has 0 N–H and O–H groups in total. The highest BCUT2D eigenvalue weighted by Gasteiger charge is 2.25. The largest absolute Gasteiger partial charge is 0.356 e. The van der Waals surface area contributed by atoms with Gasteiger partial charge >= 0.3 is 0 Å². The van der Waals surface area contributed by atoms with Gasteiger partial charge in [-0.15, -0.1) is 0 Å². The molecule has 1 unspecified atom stereocenters. The molecule has 1 atom stereocenters. The second-order valence-corrected chi connectivity index (χ2v) is 11.3. The van der Waals surface area contributed by atoms with Crippen molar-refractivity contribution >= 4 is 0 Å². The molecule has 0 saturated carbocycles. The molecule has 1 aromatic rings. The molecule has 1 aromatic carbocycles. The van der Waals surface area contributed by atoms with Gasteiger partial charge < -0.3 is 9.80 Å². The van der Waals surface area contributed by atoms with Gasteiger partial charge in [0.05, 0.1) is 0 Å². The maximum absolute atomic E-state index is 2.63. The van der Waals surface area contributed by atoms with Crippen molar-refractivity contribution in [3.63, 3.8) is 0 Å². The number of hydrogen-bond donors (Lipinski definition) is 0. The summed E-state index contributed by atoms with van der Waals surface area (Å²) < 4.78 is 0. The van der Waals surface area contributed by atoms with Crippen molar-refractivity contribution in [2.75, 3.05) is 6.54 Å². The summed E-state index contributed by atoms with van der Waals surface area (Å²) >= 11 is 0. The van der Waals surface area contributed by atoms with Crippen molar-refractivity contribution < 1.29 is 0 Å². The monoisotopic (exact) mass is 496 g/mol. The van der Waals surface area contributed by atoms with Gasteiger partial charge in [-0.3, -0.25) is 0 Å². The first-order chi connectivity index (χ1) is 17.8. The summed E-state index contributed by atoms with van der Waals surface area (Å²) in [6.07, 6.45) is 35.1. The summed E-state index contributed by atoms with van der Waals surface area (Å²) in [7, 11) is 0.